The van der Waals surface area contributed by atoms with Gasteiger partial charge in [-0.3, -0.25) is 14.4 Å². The van der Waals surface area contributed by atoms with Crippen LogP contribution in [0, 0.1) is 6.92 Å². The molecule has 2 N–H and O–H groups in total. The lowest BCUT2D eigenvalue weighted by molar-refractivity contribution is -0.142. The summed E-state index contributed by atoms with van der Waals surface area (Å²) in [6, 6.07) is 13.6. The summed E-state index contributed by atoms with van der Waals surface area (Å²) in [5.41, 5.74) is 0.702. The average molecular weight is 493 g/mol. The van der Waals surface area contributed by atoms with Gasteiger partial charge in [-0.05, 0) is 37.5 Å². The van der Waals surface area contributed by atoms with Gasteiger partial charge in [-0.15, -0.1) is 0 Å². The van der Waals surface area contributed by atoms with Gasteiger partial charge in [0, 0.05) is 24.9 Å². The second-order valence-electron chi connectivity index (χ2n) is 9.13. The minimum atomic E-state index is -0.855. The number of aryl methyl sites for hydroxylation is 1. The Hall–Kier alpha value is -3.88. The highest BCUT2D eigenvalue weighted by Crippen LogP contribution is 2.27. The Balaban J connectivity index is 1.53. The Morgan fingerprint density at radius 2 is 1.83 bits per heavy atom. The van der Waals surface area contributed by atoms with Crippen LogP contribution in [0.5, 0.6) is 0 Å². The van der Waals surface area contributed by atoms with Crippen LogP contribution in [-0.4, -0.2) is 33.8 Å². The van der Waals surface area contributed by atoms with Gasteiger partial charge in [-0.1, -0.05) is 54.8 Å². The zero-order valence-corrected chi connectivity index (χ0v) is 20.4. The number of carbonyl (C=O) groups is 3. The van der Waals surface area contributed by atoms with Gasteiger partial charge in [0.25, 0.3) is 0 Å². The van der Waals surface area contributed by atoms with E-state index in [1.807, 2.05) is 30.3 Å². The van der Waals surface area contributed by atoms with Crippen molar-refractivity contribution in [3.05, 3.63) is 71.9 Å². The highest BCUT2D eigenvalue weighted by Gasteiger charge is 2.33. The molecule has 0 aliphatic heterocycles. The summed E-state index contributed by atoms with van der Waals surface area (Å²) in [7, 11) is 0. The van der Waals surface area contributed by atoms with Crippen LogP contribution in [0.25, 0.3) is 0 Å². The van der Waals surface area contributed by atoms with Crippen molar-refractivity contribution in [1.82, 2.24) is 15.4 Å². The van der Waals surface area contributed by atoms with Crippen LogP contribution in [0.15, 0.2) is 63.7 Å². The second-order valence-corrected chi connectivity index (χ2v) is 9.13. The first-order valence-corrected chi connectivity index (χ1v) is 12.4. The minimum absolute atomic E-state index is 0.0643. The van der Waals surface area contributed by atoms with Crippen molar-refractivity contribution in [3.8, 4) is 0 Å². The number of furan rings is 1. The topological polar surface area (TPSA) is 118 Å². The Kier molecular flexibility index (Phi) is 8.54. The molecule has 1 aromatic carbocycles. The van der Waals surface area contributed by atoms with Crippen molar-refractivity contribution < 1.29 is 23.3 Å². The Bertz CT molecular complexity index is 1140. The molecular weight excluding hydrogens is 460 g/mol. The summed E-state index contributed by atoms with van der Waals surface area (Å²) in [5, 5.41) is 9.55. The van der Waals surface area contributed by atoms with Crippen molar-refractivity contribution >= 4 is 23.5 Å². The van der Waals surface area contributed by atoms with Crippen LogP contribution in [-0.2, 0) is 20.9 Å². The first kappa shape index (κ1) is 25.2. The summed E-state index contributed by atoms with van der Waals surface area (Å²) in [6.07, 6.45) is 6.58. The number of carbonyl (C=O) groups excluding carboxylic acids is 3. The van der Waals surface area contributed by atoms with Gasteiger partial charge >= 0.3 is 0 Å². The number of nitrogens with zero attached hydrogens (tertiary/aromatic N) is 2. The van der Waals surface area contributed by atoms with E-state index in [-0.39, 0.29) is 43.1 Å². The largest absolute Gasteiger partial charge is 0.467 e. The van der Waals surface area contributed by atoms with Gasteiger partial charge in [0.15, 0.2) is 5.82 Å². The number of aromatic nitrogens is 1. The number of rotatable bonds is 10. The molecule has 36 heavy (non-hydrogen) atoms. The van der Waals surface area contributed by atoms with Gasteiger partial charge < -0.3 is 24.5 Å². The normalized spacial score (nSPS) is 14.7. The Labute approximate surface area is 210 Å². The second kappa shape index (κ2) is 12.2. The van der Waals surface area contributed by atoms with E-state index in [1.165, 1.54) is 17.6 Å². The predicted octanol–water partition coefficient (Wildman–Crippen LogP) is 4.51. The molecule has 0 spiro atoms. The molecule has 3 amide bonds. The summed E-state index contributed by atoms with van der Waals surface area (Å²) < 4.78 is 10.5. The van der Waals surface area contributed by atoms with Crippen LogP contribution < -0.4 is 10.6 Å². The quantitative estimate of drug-likeness (QED) is 0.430. The van der Waals surface area contributed by atoms with E-state index in [0.29, 0.717) is 22.9 Å². The lowest BCUT2D eigenvalue weighted by atomic mass is 9.94. The monoisotopic (exact) mass is 492 g/mol. The number of anilines is 1. The number of benzene rings is 1. The first-order chi connectivity index (χ1) is 17.5. The van der Waals surface area contributed by atoms with Crippen molar-refractivity contribution in [2.75, 3.05) is 5.32 Å². The highest BCUT2D eigenvalue weighted by atomic mass is 16.5. The molecule has 0 saturated heterocycles. The lowest BCUT2D eigenvalue weighted by Gasteiger charge is -2.33. The maximum Gasteiger partial charge on any atom is 0.247 e. The molecule has 1 fully saturated rings. The number of hydrogen-bond donors (Lipinski definition) is 2. The third-order valence-electron chi connectivity index (χ3n) is 6.31. The van der Waals surface area contributed by atoms with Crippen LogP contribution in [0.4, 0.5) is 5.82 Å². The van der Waals surface area contributed by atoms with Crippen LogP contribution in [0.3, 0.4) is 0 Å². The highest BCUT2D eigenvalue weighted by molar-refractivity contribution is 5.94. The predicted molar refractivity (Wildman–Crippen MR) is 133 cm³/mol. The SMILES string of the molecule is Cc1cc(NC(=O)CCC(=O)N(Cc2ccco2)[C@H](C(=O)NC2CCCCC2)c2ccccc2)no1. The van der Waals surface area contributed by atoms with E-state index in [0.717, 1.165) is 25.7 Å². The van der Waals surface area contributed by atoms with Gasteiger partial charge in [0.05, 0.1) is 12.8 Å². The van der Waals surface area contributed by atoms with Gasteiger partial charge in [-0.25, -0.2) is 0 Å². The Morgan fingerprint density at radius 1 is 1.06 bits per heavy atom. The minimum Gasteiger partial charge on any atom is -0.467 e. The molecule has 0 unspecified atom stereocenters. The molecule has 0 radical (unpaired) electrons. The smallest absolute Gasteiger partial charge is 0.247 e. The van der Waals surface area contributed by atoms with Crippen LogP contribution >= 0.6 is 0 Å². The zero-order chi connectivity index (χ0) is 25.3. The van der Waals surface area contributed by atoms with Crippen molar-refractivity contribution in [2.24, 2.45) is 0 Å². The van der Waals surface area contributed by atoms with Crippen molar-refractivity contribution in [1.29, 1.82) is 0 Å². The molecule has 1 saturated carbocycles. The van der Waals surface area contributed by atoms with E-state index in [2.05, 4.69) is 15.8 Å². The molecular formula is C27H32N4O5. The third kappa shape index (κ3) is 6.84. The average Bonchev–Trinajstić information content (AvgIpc) is 3.55. The maximum absolute atomic E-state index is 13.6. The molecule has 1 aliphatic rings. The van der Waals surface area contributed by atoms with Crippen molar-refractivity contribution in [2.45, 2.75) is 70.5 Å². The summed E-state index contributed by atoms with van der Waals surface area (Å²) in [5.74, 6) is 0.503. The molecule has 1 aliphatic carbocycles. The van der Waals surface area contributed by atoms with E-state index in [4.69, 9.17) is 8.94 Å². The summed E-state index contributed by atoms with van der Waals surface area (Å²) in [6.45, 7) is 1.83. The molecule has 9 heteroatoms. The fraction of sp³-hybridized carbons (Fsp3) is 0.407. The van der Waals surface area contributed by atoms with Gasteiger partial charge in [0.2, 0.25) is 17.7 Å². The van der Waals surface area contributed by atoms with Gasteiger partial charge in [-0.2, -0.15) is 0 Å². The fourth-order valence-electron chi connectivity index (χ4n) is 4.52. The van der Waals surface area contributed by atoms with E-state index >= 15 is 0 Å². The molecule has 1 atom stereocenters. The number of amides is 3. The summed E-state index contributed by atoms with van der Waals surface area (Å²) in [4.78, 5) is 41.1. The lowest BCUT2D eigenvalue weighted by Crippen LogP contribution is -2.46. The molecule has 3 aromatic rings. The maximum atomic E-state index is 13.6. The number of nitrogens with one attached hydrogen (secondary N) is 2. The van der Waals surface area contributed by atoms with Crippen molar-refractivity contribution in [3.63, 3.8) is 0 Å². The molecule has 9 nitrogen and oxygen atoms in total. The molecule has 2 aromatic heterocycles. The molecule has 2 heterocycles. The molecule has 190 valence electrons. The van der Waals surface area contributed by atoms with Crippen LogP contribution in [0.2, 0.25) is 0 Å². The standard InChI is InChI=1S/C27H32N4O5/c1-19-17-23(30-36-19)29-24(32)14-15-25(33)31(18-22-13-8-16-35-22)26(20-9-4-2-5-10-20)27(34)28-21-11-6-3-7-12-21/h2,4-5,8-10,13,16-17,21,26H,3,6-7,11-12,14-15,18H2,1H3,(H,28,34)(H,29,30,32)/t26-/m0/s1. The van der Waals surface area contributed by atoms with Gasteiger partial charge in [0.1, 0.15) is 17.6 Å². The third-order valence-corrected chi connectivity index (χ3v) is 6.31. The molecule has 4 rings (SSSR count). The van der Waals surface area contributed by atoms with E-state index in [9.17, 15) is 14.4 Å². The van der Waals surface area contributed by atoms with E-state index < -0.39 is 6.04 Å². The fourth-order valence-corrected chi connectivity index (χ4v) is 4.52. The first-order valence-electron chi connectivity index (χ1n) is 12.4. The van der Waals surface area contributed by atoms with E-state index in [1.54, 1.807) is 25.1 Å². The zero-order valence-electron chi connectivity index (χ0n) is 20.4. The Morgan fingerprint density at radius 3 is 2.50 bits per heavy atom. The number of hydrogen-bond acceptors (Lipinski definition) is 6. The summed E-state index contributed by atoms with van der Waals surface area (Å²) >= 11 is 0. The van der Waals surface area contributed by atoms with Crippen LogP contribution in [0.1, 0.15) is 68.1 Å². The molecule has 0 bridgehead atoms.